The summed E-state index contributed by atoms with van der Waals surface area (Å²) in [6.45, 7) is 0. The molecular formula is C13H13N5O2. The van der Waals surface area contributed by atoms with E-state index in [4.69, 9.17) is 15.2 Å². The lowest BCUT2D eigenvalue weighted by Crippen LogP contribution is -2.31. The van der Waals surface area contributed by atoms with Crippen LogP contribution in [0, 0.1) is 0 Å². The van der Waals surface area contributed by atoms with Crippen LogP contribution in [0.1, 0.15) is 5.69 Å². The van der Waals surface area contributed by atoms with Gasteiger partial charge < -0.3 is 9.47 Å². The van der Waals surface area contributed by atoms with E-state index in [9.17, 15) is 0 Å². The molecule has 7 nitrogen and oxygen atoms in total. The van der Waals surface area contributed by atoms with Crippen LogP contribution in [0.15, 0.2) is 41.0 Å². The van der Waals surface area contributed by atoms with Gasteiger partial charge in [0.15, 0.2) is 17.2 Å². The maximum absolute atomic E-state index is 6.20. The highest BCUT2D eigenvalue weighted by atomic mass is 16.5. The molecule has 1 aromatic heterocycles. The SMILES string of the molecule is COc1cc2ncnc(C3(N)C=CN=N3)c2cc1OC. The summed E-state index contributed by atoms with van der Waals surface area (Å²) in [6, 6.07) is 3.57. The van der Waals surface area contributed by atoms with Crippen molar-refractivity contribution in [1.29, 1.82) is 0 Å². The monoisotopic (exact) mass is 271 g/mol. The molecule has 20 heavy (non-hydrogen) atoms. The largest absolute Gasteiger partial charge is 0.493 e. The number of rotatable bonds is 3. The number of nitrogens with two attached hydrogens (primary N) is 1. The van der Waals surface area contributed by atoms with Crippen LogP contribution in [0.2, 0.25) is 0 Å². The first kappa shape index (κ1) is 12.5. The lowest BCUT2D eigenvalue weighted by Gasteiger charge is -2.18. The summed E-state index contributed by atoms with van der Waals surface area (Å²) in [4.78, 5) is 8.48. The number of methoxy groups -OCH3 is 2. The summed E-state index contributed by atoms with van der Waals surface area (Å²) in [5.74, 6) is 1.18. The highest BCUT2D eigenvalue weighted by molar-refractivity contribution is 5.85. The number of aromatic nitrogens is 2. The summed E-state index contributed by atoms with van der Waals surface area (Å²) in [5, 5.41) is 8.56. The molecule has 0 fully saturated rings. The van der Waals surface area contributed by atoms with Crippen LogP contribution in [-0.4, -0.2) is 24.2 Å². The summed E-state index contributed by atoms with van der Waals surface area (Å²) in [5.41, 5.74) is 6.40. The second kappa shape index (κ2) is 4.53. The van der Waals surface area contributed by atoms with Crippen LogP contribution in [0.3, 0.4) is 0 Å². The van der Waals surface area contributed by atoms with Crippen molar-refractivity contribution in [2.75, 3.05) is 14.2 Å². The Labute approximate surface area is 115 Å². The fourth-order valence-electron chi connectivity index (χ4n) is 2.14. The van der Waals surface area contributed by atoms with Crippen molar-refractivity contribution in [3.8, 4) is 11.5 Å². The minimum atomic E-state index is -1.07. The first-order valence-electron chi connectivity index (χ1n) is 5.94. The molecule has 1 aliphatic heterocycles. The van der Waals surface area contributed by atoms with Gasteiger partial charge in [-0.15, -0.1) is 0 Å². The summed E-state index contributed by atoms with van der Waals surface area (Å²) in [6.07, 6.45) is 4.68. The van der Waals surface area contributed by atoms with Crippen molar-refractivity contribution in [3.63, 3.8) is 0 Å². The van der Waals surface area contributed by atoms with Crippen LogP contribution in [0.5, 0.6) is 11.5 Å². The lowest BCUT2D eigenvalue weighted by molar-refractivity contribution is 0.355. The molecule has 0 bridgehead atoms. The zero-order chi connectivity index (χ0) is 14.2. The highest BCUT2D eigenvalue weighted by Gasteiger charge is 2.31. The molecule has 2 aromatic rings. The van der Waals surface area contributed by atoms with Crippen molar-refractivity contribution in [3.05, 3.63) is 36.4 Å². The van der Waals surface area contributed by atoms with E-state index in [-0.39, 0.29) is 0 Å². The molecule has 0 saturated carbocycles. The number of hydrogen-bond acceptors (Lipinski definition) is 7. The van der Waals surface area contributed by atoms with Gasteiger partial charge in [0, 0.05) is 17.7 Å². The van der Waals surface area contributed by atoms with Gasteiger partial charge in [0.2, 0.25) is 0 Å². The number of azo groups is 1. The Morgan fingerprint density at radius 1 is 1.10 bits per heavy atom. The summed E-state index contributed by atoms with van der Waals surface area (Å²) >= 11 is 0. The highest BCUT2D eigenvalue weighted by Crippen LogP contribution is 2.36. The number of benzene rings is 1. The molecule has 102 valence electrons. The Kier molecular flexibility index (Phi) is 2.83. The first-order valence-corrected chi connectivity index (χ1v) is 5.94. The average molecular weight is 271 g/mol. The summed E-state index contributed by atoms with van der Waals surface area (Å²) in [7, 11) is 3.14. The predicted molar refractivity (Wildman–Crippen MR) is 72.5 cm³/mol. The quantitative estimate of drug-likeness (QED) is 0.917. The normalized spacial score (nSPS) is 20.6. The van der Waals surface area contributed by atoms with E-state index in [2.05, 4.69) is 20.2 Å². The molecule has 1 unspecified atom stereocenters. The van der Waals surface area contributed by atoms with E-state index >= 15 is 0 Å². The molecule has 7 heteroatoms. The van der Waals surface area contributed by atoms with Gasteiger partial charge in [-0.1, -0.05) is 0 Å². The van der Waals surface area contributed by atoms with Gasteiger partial charge in [-0.25, -0.2) is 9.97 Å². The molecule has 1 aliphatic rings. The molecule has 2 N–H and O–H groups in total. The molecule has 1 atom stereocenters. The molecule has 3 rings (SSSR count). The van der Waals surface area contributed by atoms with Gasteiger partial charge in [-0.3, -0.25) is 5.73 Å². The Balaban J connectivity index is 2.29. The van der Waals surface area contributed by atoms with Gasteiger partial charge in [0.1, 0.15) is 6.33 Å². The average Bonchev–Trinajstić information content (AvgIpc) is 2.92. The molecule has 1 aromatic carbocycles. The van der Waals surface area contributed by atoms with Crippen LogP contribution in [-0.2, 0) is 5.66 Å². The first-order chi connectivity index (χ1) is 9.68. The van der Waals surface area contributed by atoms with Gasteiger partial charge in [0.05, 0.1) is 25.4 Å². The number of fused-ring (bicyclic) bond motifs is 1. The van der Waals surface area contributed by atoms with Crippen LogP contribution in [0.4, 0.5) is 0 Å². The van der Waals surface area contributed by atoms with Crippen molar-refractivity contribution in [1.82, 2.24) is 9.97 Å². The number of ether oxygens (including phenoxy) is 2. The second-order valence-corrected chi connectivity index (χ2v) is 4.30. The third-order valence-corrected chi connectivity index (χ3v) is 3.14. The maximum Gasteiger partial charge on any atom is 0.193 e. The Morgan fingerprint density at radius 3 is 2.50 bits per heavy atom. The number of nitrogens with zero attached hydrogens (tertiary/aromatic N) is 4. The van der Waals surface area contributed by atoms with Gasteiger partial charge in [-0.2, -0.15) is 10.2 Å². The third kappa shape index (κ3) is 1.79. The lowest BCUT2D eigenvalue weighted by atomic mass is 10.0. The zero-order valence-electron chi connectivity index (χ0n) is 11.1. The van der Waals surface area contributed by atoms with E-state index in [1.165, 1.54) is 6.33 Å². The maximum atomic E-state index is 6.20. The second-order valence-electron chi connectivity index (χ2n) is 4.30. The van der Waals surface area contributed by atoms with Gasteiger partial charge in [-0.05, 0) is 12.1 Å². The Hall–Kier alpha value is -2.54. The van der Waals surface area contributed by atoms with E-state index in [0.717, 1.165) is 5.39 Å². The van der Waals surface area contributed by atoms with Crippen LogP contribution < -0.4 is 15.2 Å². The predicted octanol–water partition coefficient (Wildman–Crippen LogP) is 1.74. The smallest absolute Gasteiger partial charge is 0.193 e. The number of hydrogen-bond donors (Lipinski definition) is 1. The Bertz CT molecular complexity index is 714. The topological polar surface area (TPSA) is 95.0 Å². The minimum absolute atomic E-state index is 0.570. The van der Waals surface area contributed by atoms with Gasteiger partial charge in [0.25, 0.3) is 0 Å². The van der Waals surface area contributed by atoms with Crippen molar-refractivity contribution in [2.24, 2.45) is 16.0 Å². The molecule has 0 saturated heterocycles. The third-order valence-electron chi connectivity index (χ3n) is 3.14. The van der Waals surface area contributed by atoms with Crippen LogP contribution >= 0.6 is 0 Å². The molecule has 0 spiro atoms. The van der Waals surface area contributed by atoms with Crippen molar-refractivity contribution >= 4 is 10.9 Å². The zero-order valence-corrected chi connectivity index (χ0v) is 11.1. The molecular weight excluding hydrogens is 258 g/mol. The van der Waals surface area contributed by atoms with Crippen molar-refractivity contribution in [2.45, 2.75) is 5.66 Å². The van der Waals surface area contributed by atoms with Crippen LogP contribution in [0.25, 0.3) is 10.9 Å². The molecule has 0 amide bonds. The minimum Gasteiger partial charge on any atom is -0.493 e. The van der Waals surface area contributed by atoms with E-state index in [1.54, 1.807) is 38.6 Å². The van der Waals surface area contributed by atoms with E-state index < -0.39 is 5.66 Å². The Morgan fingerprint density at radius 2 is 1.85 bits per heavy atom. The molecule has 0 radical (unpaired) electrons. The van der Waals surface area contributed by atoms with E-state index in [0.29, 0.717) is 22.7 Å². The van der Waals surface area contributed by atoms with Crippen molar-refractivity contribution < 1.29 is 9.47 Å². The standard InChI is InChI=1S/C13H13N5O2/c1-19-10-5-8-9(6-11(10)20-2)15-7-16-12(8)13(14)3-4-17-18-13/h3-7H,14H2,1-2H3. The summed E-state index contributed by atoms with van der Waals surface area (Å²) < 4.78 is 10.6. The fraction of sp³-hybridized carbons (Fsp3) is 0.231. The molecule has 2 heterocycles. The fourth-order valence-corrected chi connectivity index (χ4v) is 2.14. The van der Waals surface area contributed by atoms with Gasteiger partial charge >= 0.3 is 0 Å². The van der Waals surface area contributed by atoms with E-state index in [1.807, 2.05) is 0 Å². The molecule has 0 aliphatic carbocycles.